The highest BCUT2D eigenvalue weighted by atomic mass is 35.5. The largest absolute Gasteiger partial charge is 0.495 e. The smallest absolute Gasteiger partial charge is 0.143 e. The summed E-state index contributed by atoms with van der Waals surface area (Å²) >= 11 is 12.3. The molecule has 3 aromatic carbocycles. The van der Waals surface area contributed by atoms with Gasteiger partial charge in [-0.25, -0.2) is 9.67 Å². The standard InChI is InChI=1S/C26H21Cl2N5O/c1-17-14-32(16-29-17)24-12-7-20(13-25(24)34-2)23-15-33(31-30-23)26(18-3-8-21(27)9-4-18)19-5-10-22(28)11-6-19/h3-16,26H,1-2H3. The zero-order chi connectivity index (χ0) is 23.7. The molecule has 6 nitrogen and oxygen atoms in total. The normalized spacial score (nSPS) is 11.2. The molecule has 5 aromatic rings. The van der Waals surface area contributed by atoms with Crippen LogP contribution in [-0.2, 0) is 0 Å². The van der Waals surface area contributed by atoms with E-state index >= 15 is 0 Å². The van der Waals surface area contributed by atoms with Gasteiger partial charge in [-0.1, -0.05) is 58.7 Å². The summed E-state index contributed by atoms with van der Waals surface area (Å²) in [6.07, 6.45) is 5.66. The number of aromatic nitrogens is 5. The highest BCUT2D eigenvalue weighted by molar-refractivity contribution is 6.30. The molecule has 8 heteroatoms. The first kappa shape index (κ1) is 22.2. The Balaban J connectivity index is 1.54. The second-order valence-corrected chi connectivity index (χ2v) is 8.77. The number of imidazole rings is 1. The molecule has 5 rings (SSSR count). The number of benzene rings is 3. The van der Waals surface area contributed by atoms with Crippen LogP contribution < -0.4 is 4.74 Å². The zero-order valence-electron chi connectivity index (χ0n) is 18.6. The summed E-state index contributed by atoms with van der Waals surface area (Å²) in [5.41, 5.74) is 5.54. The lowest BCUT2D eigenvalue weighted by atomic mass is 9.99. The van der Waals surface area contributed by atoms with E-state index in [0.717, 1.165) is 39.5 Å². The van der Waals surface area contributed by atoms with E-state index in [0.29, 0.717) is 10.0 Å². The molecule has 0 unspecified atom stereocenters. The van der Waals surface area contributed by atoms with Crippen LogP contribution in [0.5, 0.6) is 5.75 Å². The van der Waals surface area contributed by atoms with Crippen molar-refractivity contribution < 1.29 is 4.74 Å². The van der Waals surface area contributed by atoms with Crippen molar-refractivity contribution in [3.05, 3.63) is 112 Å². The first-order valence-electron chi connectivity index (χ1n) is 10.6. The Kier molecular flexibility index (Phi) is 6.09. The monoisotopic (exact) mass is 489 g/mol. The number of hydrogen-bond acceptors (Lipinski definition) is 4. The van der Waals surface area contributed by atoms with E-state index in [4.69, 9.17) is 27.9 Å². The Morgan fingerprint density at radius 3 is 2.06 bits per heavy atom. The minimum atomic E-state index is -0.189. The Morgan fingerprint density at radius 1 is 0.853 bits per heavy atom. The second-order valence-electron chi connectivity index (χ2n) is 7.90. The maximum Gasteiger partial charge on any atom is 0.143 e. The molecule has 0 radical (unpaired) electrons. The molecule has 0 aliphatic heterocycles. The molecule has 170 valence electrons. The van der Waals surface area contributed by atoms with Crippen molar-refractivity contribution in [3.63, 3.8) is 0 Å². The lowest BCUT2D eigenvalue weighted by molar-refractivity contribution is 0.413. The highest BCUT2D eigenvalue weighted by Crippen LogP contribution is 2.32. The first-order chi connectivity index (χ1) is 16.5. The predicted octanol–water partition coefficient (Wildman–Crippen LogP) is 6.39. The van der Waals surface area contributed by atoms with Gasteiger partial charge in [-0.3, -0.25) is 0 Å². The van der Waals surface area contributed by atoms with Crippen molar-refractivity contribution in [2.45, 2.75) is 13.0 Å². The number of rotatable bonds is 6. The SMILES string of the molecule is COc1cc(-c2cn(C(c3ccc(Cl)cc3)c3ccc(Cl)cc3)nn2)ccc1-n1cnc(C)c1. The third-order valence-electron chi connectivity index (χ3n) is 5.61. The molecule has 0 aliphatic rings. The minimum absolute atomic E-state index is 0.189. The minimum Gasteiger partial charge on any atom is -0.495 e. The van der Waals surface area contributed by atoms with Gasteiger partial charge in [-0.05, 0) is 54.4 Å². The molecule has 0 atom stereocenters. The number of ether oxygens (including phenoxy) is 1. The van der Waals surface area contributed by atoms with Crippen LogP contribution in [0.25, 0.3) is 16.9 Å². The molecular weight excluding hydrogens is 469 g/mol. The number of hydrogen-bond donors (Lipinski definition) is 0. The van der Waals surface area contributed by atoms with Gasteiger partial charge in [-0.2, -0.15) is 0 Å². The van der Waals surface area contributed by atoms with E-state index in [1.54, 1.807) is 13.4 Å². The fourth-order valence-electron chi connectivity index (χ4n) is 3.93. The molecule has 2 heterocycles. The van der Waals surface area contributed by atoms with Crippen LogP contribution in [0.2, 0.25) is 10.0 Å². The van der Waals surface area contributed by atoms with Crippen molar-refractivity contribution in [1.82, 2.24) is 24.5 Å². The van der Waals surface area contributed by atoms with Gasteiger partial charge in [0.05, 0.1) is 31.0 Å². The summed E-state index contributed by atoms with van der Waals surface area (Å²) in [7, 11) is 1.65. The lowest BCUT2D eigenvalue weighted by Crippen LogP contribution is -2.13. The number of methoxy groups -OCH3 is 1. The van der Waals surface area contributed by atoms with Gasteiger partial charge in [0, 0.05) is 21.8 Å². The Bertz CT molecular complexity index is 1380. The quantitative estimate of drug-likeness (QED) is 0.277. The van der Waals surface area contributed by atoms with Crippen LogP contribution >= 0.6 is 23.2 Å². The summed E-state index contributed by atoms with van der Waals surface area (Å²) in [6.45, 7) is 1.95. The van der Waals surface area contributed by atoms with Crippen LogP contribution in [0.3, 0.4) is 0 Å². The van der Waals surface area contributed by atoms with Gasteiger partial charge in [0.1, 0.15) is 17.5 Å². The van der Waals surface area contributed by atoms with Crippen molar-refractivity contribution in [2.75, 3.05) is 7.11 Å². The number of aryl methyl sites for hydroxylation is 1. The third kappa shape index (κ3) is 4.42. The summed E-state index contributed by atoms with van der Waals surface area (Å²) in [4.78, 5) is 4.31. The van der Waals surface area contributed by atoms with Gasteiger partial charge in [0.25, 0.3) is 0 Å². The third-order valence-corrected chi connectivity index (χ3v) is 6.12. The summed E-state index contributed by atoms with van der Waals surface area (Å²) in [5, 5.41) is 10.3. The Morgan fingerprint density at radius 2 is 1.50 bits per heavy atom. The molecule has 0 N–H and O–H groups in total. The summed E-state index contributed by atoms with van der Waals surface area (Å²) in [6, 6.07) is 21.2. The van der Waals surface area contributed by atoms with Gasteiger partial charge >= 0.3 is 0 Å². The molecule has 0 amide bonds. The maximum absolute atomic E-state index is 6.13. The van der Waals surface area contributed by atoms with Crippen LogP contribution in [0.4, 0.5) is 0 Å². The predicted molar refractivity (Wildman–Crippen MR) is 134 cm³/mol. The molecule has 2 aromatic heterocycles. The molecule has 0 fully saturated rings. The lowest BCUT2D eigenvalue weighted by Gasteiger charge is -2.18. The van der Waals surface area contributed by atoms with Crippen molar-refractivity contribution in [3.8, 4) is 22.7 Å². The van der Waals surface area contributed by atoms with Crippen molar-refractivity contribution in [2.24, 2.45) is 0 Å². The summed E-state index contributed by atoms with van der Waals surface area (Å²) in [5.74, 6) is 0.719. The maximum atomic E-state index is 6.13. The Labute approximate surface area is 207 Å². The number of halogens is 2. The van der Waals surface area contributed by atoms with E-state index in [1.165, 1.54) is 0 Å². The fraction of sp³-hybridized carbons (Fsp3) is 0.115. The van der Waals surface area contributed by atoms with Crippen LogP contribution in [0, 0.1) is 6.92 Å². The van der Waals surface area contributed by atoms with Gasteiger partial charge < -0.3 is 9.30 Å². The van der Waals surface area contributed by atoms with Gasteiger partial charge in [-0.15, -0.1) is 5.10 Å². The highest BCUT2D eigenvalue weighted by Gasteiger charge is 2.19. The molecule has 0 aliphatic carbocycles. The van der Waals surface area contributed by atoms with Gasteiger partial charge in [0.15, 0.2) is 0 Å². The zero-order valence-corrected chi connectivity index (χ0v) is 20.1. The Hall–Kier alpha value is -3.61. The molecule has 0 spiro atoms. The molecule has 0 saturated heterocycles. The van der Waals surface area contributed by atoms with E-state index < -0.39 is 0 Å². The second kappa shape index (κ2) is 9.33. The van der Waals surface area contributed by atoms with E-state index in [-0.39, 0.29) is 6.04 Å². The molecular formula is C26H21Cl2N5O. The van der Waals surface area contributed by atoms with E-state index in [2.05, 4.69) is 15.3 Å². The fourth-order valence-corrected chi connectivity index (χ4v) is 4.18. The van der Waals surface area contributed by atoms with Crippen LogP contribution in [-0.4, -0.2) is 31.7 Å². The van der Waals surface area contributed by atoms with Crippen LogP contribution in [0.15, 0.2) is 85.5 Å². The average molecular weight is 490 g/mol. The first-order valence-corrected chi connectivity index (χ1v) is 11.4. The molecule has 0 saturated carbocycles. The topological polar surface area (TPSA) is 57.8 Å². The van der Waals surface area contributed by atoms with Gasteiger partial charge in [0.2, 0.25) is 0 Å². The molecule has 0 bridgehead atoms. The molecule has 34 heavy (non-hydrogen) atoms. The van der Waals surface area contributed by atoms with Crippen molar-refractivity contribution in [1.29, 1.82) is 0 Å². The van der Waals surface area contributed by atoms with E-state index in [1.807, 2.05) is 95.3 Å². The van der Waals surface area contributed by atoms with Crippen molar-refractivity contribution >= 4 is 23.2 Å². The number of nitrogens with zero attached hydrogens (tertiary/aromatic N) is 5. The van der Waals surface area contributed by atoms with E-state index in [9.17, 15) is 0 Å². The average Bonchev–Trinajstić information content (AvgIpc) is 3.51. The summed E-state index contributed by atoms with van der Waals surface area (Å²) < 4.78 is 9.44. The van der Waals surface area contributed by atoms with Crippen LogP contribution in [0.1, 0.15) is 22.9 Å².